The molecule has 114 valence electrons. The van der Waals surface area contributed by atoms with Crippen LogP contribution in [-0.4, -0.2) is 37.5 Å². The van der Waals surface area contributed by atoms with E-state index in [9.17, 15) is 4.79 Å². The fraction of sp³-hybridized carbons (Fsp3) is 0.562. The fourth-order valence-electron chi connectivity index (χ4n) is 2.92. The van der Waals surface area contributed by atoms with E-state index in [1.807, 2.05) is 32.0 Å². The van der Waals surface area contributed by atoms with Gasteiger partial charge in [0, 0.05) is 13.1 Å². The third-order valence-corrected chi connectivity index (χ3v) is 3.94. The van der Waals surface area contributed by atoms with Crippen molar-refractivity contribution in [3.05, 3.63) is 35.4 Å². The van der Waals surface area contributed by atoms with E-state index in [-0.39, 0.29) is 18.1 Å². The number of hydrogen-bond acceptors (Lipinski definition) is 4. The Balaban J connectivity index is 1.59. The highest BCUT2D eigenvalue weighted by atomic mass is 16.7. The predicted octanol–water partition coefficient (Wildman–Crippen LogP) is 1.14. The predicted molar refractivity (Wildman–Crippen MR) is 78.8 cm³/mol. The number of hydrogen-bond donors (Lipinski definition) is 2. The van der Waals surface area contributed by atoms with Gasteiger partial charge >= 0.3 is 0 Å². The maximum absolute atomic E-state index is 12.4. The molecular weight excluding hydrogens is 268 g/mol. The molecule has 2 N–H and O–H groups in total. The topological polar surface area (TPSA) is 59.6 Å². The van der Waals surface area contributed by atoms with Crippen LogP contribution < -0.4 is 10.6 Å². The van der Waals surface area contributed by atoms with Gasteiger partial charge in [0.25, 0.3) is 0 Å². The Morgan fingerprint density at radius 2 is 2.24 bits per heavy atom. The van der Waals surface area contributed by atoms with Gasteiger partial charge in [-0.15, -0.1) is 0 Å². The molecule has 0 aliphatic carbocycles. The molecule has 0 aromatic heterocycles. The Kier molecular flexibility index (Phi) is 3.97. The standard InChI is InChI=1S/C16H22N2O3/c1-16(2)20-10-12(21-16)9-18-15(19)14-13-6-4-3-5-11(13)7-8-17-14/h3-6,12,14,17H,7-10H2,1-2H3,(H,18,19). The van der Waals surface area contributed by atoms with Crippen LogP contribution in [0.5, 0.6) is 0 Å². The van der Waals surface area contributed by atoms with Gasteiger partial charge in [0.05, 0.1) is 6.61 Å². The lowest BCUT2D eigenvalue weighted by Crippen LogP contribution is -2.44. The number of benzene rings is 1. The molecule has 2 atom stereocenters. The summed E-state index contributed by atoms with van der Waals surface area (Å²) in [6, 6.07) is 7.83. The molecule has 0 radical (unpaired) electrons. The second-order valence-corrected chi connectivity index (χ2v) is 6.03. The Labute approximate surface area is 125 Å². The summed E-state index contributed by atoms with van der Waals surface area (Å²) in [5, 5.41) is 6.25. The van der Waals surface area contributed by atoms with Crippen LogP contribution in [0.3, 0.4) is 0 Å². The highest BCUT2D eigenvalue weighted by molar-refractivity contribution is 5.84. The number of nitrogens with one attached hydrogen (secondary N) is 2. The average Bonchev–Trinajstić information content (AvgIpc) is 2.83. The van der Waals surface area contributed by atoms with E-state index in [1.165, 1.54) is 5.56 Å². The number of amides is 1. The van der Waals surface area contributed by atoms with Gasteiger partial charge in [-0.05, 0) is 31.4 Å². The third kappa shape index (κ3) is 3.26. The van der Waals surface area contributed by atoms with Crippen molar-refractivity contribution in [2.45, 2.75) is 38.2 Å². The molecule has 1 saturated heterocycles. The summed E-state index contributed by atoms with van der Waals surface area (Å²) in [5.74, 6) is -0.555. The Hall–Kier alpha value is -1.43. The van der Waals surface area contributed by atoms with Gasteiger partial charge in [-0.1, -0.05) is 24.3 Å². The van der Waals surface area contributed by atoms with Gasteiger partial charge in [0.15, 0.2) is 5.79 Å². The zero-order chi connectivity index (χ0) is 14.9. The first-order chi connectivity index (χ1) is 10.1. The van der Waals surface area contributed by atoms with Gasteiger partial charge in [-0.25, -0.2) is 0 Å². The van der Waals surface area contributed by atoms with Crippen LogP contribution in [0.2, 0.25) is 0 Å². The molecule has 21 heavy (non-hydrogen) atoms. The van der Waals surface area contributed by atoms with Gasteiger partial charge < -0.3 is 20.1 Å². The third-order valence-electron chi connectivity index (χ3n) is 3.94. The molecule has 5 heteroatoms. The molecule has 0 spiro atoms. The number of fused-ring (bicyclic) bond motifs is 1. The van der Waals surface area contributed by atoms with Crippen molar-refractivity contribution in [3.63, 3.8) is 0 Å². The summed E-state index contributed by atoms with van der Waals surface area (Å²) < 4.78 is 11.2. The smallest absolute Gasteiger partial charge is 0.241 e. The highest BCUT2D eigenvalue weighted by Crippen LogP contribution is 2.24. The summed E-state index contributed by atoms with van der Waals surface area (Å²) in [6.45, 7) is 5.58. The highest BCUT2D eigenvalue weighted by Gasteiger charge is 2.33. The SMILES string of the molecule is CC1(C)OCC(CNC(=O)C2NCCc3ccccc32)O1. The molecule has 5 nitrogen and oxygen atoms in total. The van der Waals surface area contributed by atoms with E-state index in [0.717, 1.165) is 18.5 Å². The van der Waals surface area contributed by atoms with Crippen molar-refractivity contribution >= 4 is 5.91 Å². The van der Waals surface area contributed by atoms with Crippen LogP contribution in [0.1, 0.15) is 31.0 Å². The molecule has 1 amide bonds. The van der Waals surface area contributed by atoms with E-state index in [0.29, 0.717) is 13.2 Å². The summed E-state index contributed by atoms with van der Waals surface area (Å²) in [4.78, 5) is 12.4. The molecule has 2 aliphatic heterocycles. The minimum Gasteiger partial charge on any atom is -0.352 e. The zero-order valence-corrected chi connectivity index (χ0v) is 12.5. The van der Waals surface area contributed by atoms with Gasteiger partial charge in [0.1, 0.15) is 12.1 Å². The quantitative estimate of drug-likeness (QED) is 0.876. The summed E-state index contributed by atoms with van der Waals surface area (Å²) >= 11 is 0. The van der Waals surface area contributed by atoms with Crippen molar-refractivity contribution in [2.24, 2.45) is 0 Å². The second-order valence-electron chi connectivity index (χ2n) is 6.03. The van der Waals surface area contributed by atoms with Crippen molar-refractivity contribution in [2.75, 3.05) is 19.7 Å². The molecule has 2 unspecified atom stereocenters. The van der Waals surface area contributed by atoms with E-state index >= 15 is 0 Å². The molecule has 1 aromatic carbocycles. The van der Waals surface area contributed by atoms with Crippen LogP contribution >= 0.6 is 0 Å². The first-order valence-electron chi connectivity index (χ1n) is 7.46. The minimum absolute atomic E-state index is 0.00421. The zero-order valence-electron chi connectivity index (χ0n) is 12.5. The molecule has 0 saturated carbocycles. The summed E-state index contributed by atoms with van der Waals surface area (Å²) in [7, 11) is 0. The molecule has 2 heterocycles. The van der Waals surface area contributed by atoms with Crippen LogP contribution in [0.25, 0.3) is 0 Å². The van der Waals surface area contributed by atoms with Crippen molar-refractivity contribution in [1.29, 1.82) is 0 Å². The Bertz CT molecular complexity index is 530. The summed E-state index contributed by atoms with van der Waals surface area (Å²) in [5.41, 5.74) is 2.32. The van der Waals surface area contributed by atoms with Crippen LogP contribution in [0.15, 0.2) is 24.3 Å². The van der Waals surface area contributed by atoms with Gasteiger partial charge in [0.2, 0.25) is 5.91 Å². The van der Waals surface area contributed by atoms with E-state index in [4.69, 9.17) is 9.47 Å². The van der Waals surface area contributed by atoms with E-state index in [2.05, 4.69) is 16.7 Å². The molecule has 1 fully saturated rings. The van der Waals surface area contributed by atoms with E-state index < -0.39 is 5.79 Å². The molecule has 0 bridgehead atoms. The maximum atomic E-state index is 12.4. The molecular formula is C16H22N2O3. The largest absolute Gasteiger partial charge is 0.352 e. The average molecular weight is 290 g/mol. The van der Waals surface area contributed by atoms with Crippen molar-refractivity contribution in [3.8, 4) is 0 Å². The van der Waals surface area contributed by atoms with E-state index in [1.54, 1.807) is 0 Å². The van der Waals surface area contributed by atoms with Crippen LogP contribution in [-0.2, 0) is 20.7 Å². The Morgan fingerprint density at radius 1 is 1.43 bits per heavy atom. The van der Waals surface area contributed by atoms with Crippen molar-refractivity contribution < 1.29 is 14.3 Å². The summed E-state index contributed by atoms with van der Waals surface area (Å²) in [6.07, 6.45) is 0.885. The number of ether oxygens (including phenoxy) is 2. The molecule has 1 aromatic rings. The Morgan fingerprint density at radius 3 is 3.00 bits per heavy atom. The first kappa shape index (κ1) is 14.5. The normalized spacial score (nSPS) is 27.1. The first-order valence-corrected chi connectivity index (χ1v) is 7.46. The molecule has 3 rings (SSSR count). The maximum Gasteiger partial charge on any atom is 0.241 e. The molecule has 2 aliphatic rings. The fourth-order valence-corrected chi connectivity index (χ4v) is 2.92. The number of carbonyl (C=O) groups is 1. The van der Waals surface area contributed by atoms with Gasteiger partial charge in [-0.3, -0.25) is 4.79 Å². The van der Waals surface area contributed by atoms with Crippen molar-refractivity contribution in [1.82, 2.24) is 10.6 Å². The lowest BCUT2D eigenvalue weighted by Gasteiger charge is -2.26. The second kappa shape index (κ2) is 5.75. The van der Waals surface area contributed by atoms with Gasteiger partial charge in [-0.2, -0.15) is 0 Å². The minimum atomic E-state index is -0.551. The lowest BCUT2D eigenvalue weighted by atomic mass is 9.94. The lowest BCUT2D eigenvalue weighted by molar-refractivity contribution is -0.139. The van der Waals surface area contributed by atoms with Crippen LogP contribution in [0, 0.1) is 0 Å². The van der Waals surface area contributed by atoms with Crippen LogP contribution in [0.4, 0.5) is 0 Å². The number of carbonyl (C=O) groups excluding carboxylic acids is 1. The number of rotatable bonds is 3. The monoisotopic (exact) mass is 290 g/mol.